The van der Waals surface area contributed by atoms with E-state index in [9.17, 15) is 13.9 Å². The first-order valence-electron chi connectivity index (χ1n) is 7.70. The van der Waals surface area contributed by atoms with Crippen LogP contribution in [-0.2, 0) is 0 Å². The topological polar surface area (TPSA) is 60.2 Å². The molecule has 2 heterocycles. The molecule has 1 aromatic carbocycles. The first-order valence-corrected chi connectivity index (χ1v) is 8.58. The predicted molar refractivity (Wildman–Crippen MR) is 89.0 cm³/mol. The molecule has 0 spiro atoms. The Morgan fingerprint density at radius 1 is 1.29 bits per heavy atom. The molecule has 0 atom stereocenters. The minimum atomic E-state index is -0.923. The van der Waals surface area contributed by atoms with E-state index in [0.29, 0.717) is 34.3 Å². The quantitative estimate of drug-likeness (QED) is 0.877. The average Bonchev–Trinajstić information content (AvgIpc) is 3.16. The Balaban J connectivity index is 1.61. The molecule has 2 aromatic rings. The number of aromatic nitrogens is 1. The van der Waals surface area contributed by atoms with Crippen LogP contribution in [0.25, 0.3) is 16.8 Å². The highest BCUT2D eigenvalue weighted by Crippen LogP contribution is 2.36. The van der Waals surface area contributed by atoms with Crippen LogP contribution in [-0.4, -0.2) is 33.9 Å². The van der Waals surface area contributed by atoms with E-state index in [0.717, 1.165) is 18.7 Å². The third-order valence-corrected chi connectivity index (χ3v) is 5.15. The maximum Gasteiger partial charge on any atom is 0.159 e. The van der Waals surface area contributed by atoms with Crippen LogP contribution in [0.15, 0.2) is 29.3 Å². The monoisotopic (exact) mass is 347 g/mol. The summed E-state index contributed by atoms with van der Waals surface area (Å²) in [6, 6.07) is 3.63. The third kappa shape index (κ3) is 2.69. The third-order valence-electron chi connectivity index (χ3n) is 4.29. The van der Waals surface area contributed by atoms with Gasteiger partial charge in [-0.05, 0) is 37.0 Å². The van der Waals surface area contributed by atoms with Gasteiger partial charge in [0.25, 0.3) is 0 Å². The number of amidine groups is 1. The van der Waals surface area contributed by atoms with Crippen molar-refractivity contribution in [1.29, 1.82) is 5.41 Å². The second kappa shape index (κ2) is 5.66. The van der Waals surface area contributed by atoms with Gasteiger partial charge in [0.05, 0.1) is 17.8 Å². The summed E-state index contributed by atoms with van der Waals surface area (Å²) in [6.07, 6.45) is 2.36. The molecule has 0 amide bonds. The Hall–Kier alpha value is -2.28. The number of rotatable bonds is 4. The van der Waals surface area contributed by atoms with E-state index in [1.54, 1.807) is 5.38 Å². The summed E-state index contributed by atoms with van der Waals surface area (Å²) in [5.41, 5.74) is 1.41. The fourth-order valence-corrected chi connectivity index (χ4v) is 3.70. The highest BCUT2D eigenvalue weighted by Gasteiger charge is 2.34. The van der Waals surface area contributed by atoms with Gasteiger partial charge in [0.1, 0.15) is 16.6 Å². The van der Waals surface area contributed by atoms with E-state index in [-0.39, 0.29) is 11.6 Å². The molecule has 2 aliphatic rings. The van der Waals surface area contributed by atoms with Gasteiger partial charge in [-0.25, -0.2) is 13.8 Å². The number of aliphatic hydroxyl groups excluding tert-OH is 1. The lowest BCUT2D eigenvalue weighted by Gasteiger charge is -2.17. The summed E-state index contributed by atoms with van der Waals surface area (Å²) >= 11 is 1.28. The van der Waals surface area contributed by atoms with Crippen molar-refractivity contribution in [1.82, 2.24) is 9.88 Å². The van der Waals surface area contributed by atoms with Crippen LogP contribution in [0.1, 0.15) is 17.8 Å². The molecule has 7 heteroatoms. The van der Waals surface area contributed by atoms with E-state index in [2.05, 4.69) is 4.98 Å². The van der Waals surface area contributed by atoms with Gasteiger partial charge in [-0.3, -0.25) is 5.41 Å². The SMILES string of the molecule is N=C1C(c2nc(-c3ccc(F)c(F)c3)cs2)=C(O)CN1CC1CC1. The van der Waals surface area contributed by atoms with E-state index >= 15 is 0 Å². The Kier molecular flexibility index (Phi) is 3.60. The van der Waals surface area contributed by atoms with Gasteiger partial charge in [0, 0.05) is 17.5 Å². The second-order valence-corrected chi connectivity index (χ2v) is 7.02. The van der Waals surface area contributed by atoms with Crippen molar-refractivity contribution >= 4 is 22.7 Å². The molecule has 1 aliphatic heterocycles. The van der Waals surface area contributed by atoms with E-state index in [4.69, 9.17) is 5.41 Å². The fraction of sp³-hybridized carbons (Fsp3) is 0.294. The molecule has 4 nitrogen and oxygen atoms in total. The number of benzene rings is 1. The maximum atomic E-state index is 13.4. The average molecular weight is 347 g/mol. The van der Waals surface area contributed by atoms with Crippen LogP contribution in [0.5, 0.6) is 0 Å². The van der Waals surface area contributed by atoms with Gasteiger partial charge in [-0.1, -0.05) is 0 Å². The number of hydrogen-bond acceptors (Lipinski definition) is 4. The molecule has 124 valence electrons. The highest BCUT2D eigenvalue weighted by atomic mass is 32.1. The molecule has 1 aliphatic carbocycles. The summed E-state index contributed by atoms with van der Waals surface area (Å²) in [7, 11) is 0. The van der Waals surface area contributed by atoms with Crippen molar-refractivity contribution in [3.8, 4) is 11.3 Å². The predicted octanol–water partition coefficient (Wildman–Crippen LogP) is 4.06. The second-order valence-electron chi connectivity index (χ2n) is 6.16. The highest BCUT2D eigenvalue weighted by molar-refractivity contribution is 7.11. The summed E-state index contributed by atoms with van der Waals surface area (Å²) < 4.78 is 26.4. The molecule has 1 saturated carbocycles. The maximum absolute atomic E-state index is 13.4. The number of nitrogens with one attached hydrogen (secondary N) is 1. The molecule has 0 unspecified atom stereocenters. The molecule has 1 fully saturated rings. The Bertz CT molecular complexity index is 857. The molecular formula is C17H15F2N3OS. The molecule has 0 radical (unpaired) electrons. The molecular weight excluding hydrogens is 332 g/mol. The number of aliphatic hydroxyl groups is 1. The van der Waals surface area contributed by atoms with Crippen molar-refractivity contribution in [3.05, 3.63) is 46.0 Å². The van der Waals surface area contributed by atoms with E-state index < -0.39 is 11.6 Å². The first kappa shape index (κ1) is 15.3. The minimum absolute atomic E-state index is 0.145. The van der Waals surface area contributed by atoms with Gasteiger partial charge in [0.15, 0.2) is 11.6 Å². The lowest BCUT2D eigenvalue weighted by molar-refractivity contribution is 0.343. The normalized spacial score (nSPS) is 17.9. The lowest BCUT2D eigenvalue weighted by Crippen LogP contribution is -2.28. The number of hydrogen-bond donors (Lipinski definition) is 2. The van der Waals surface area contributed by atoms with Gasteiger partial charge >= 0.3 is 0 Å². The fourth-order valence-electron chi connectivity index (χ4n) is 2.80. The number of halogens is 2. The largest absolute Gasteiger partial charge is 0.510 e. The van der Waals surface area contributed by atoms with Crippen LogP contribution in [0.3, 0.4) is 0 Å². The van der Waals surface area contributed by atoms with Crippen molar-refractivity contribution in [3.63, 3.8) is 0 Å². The van der Waals surface area contributed by atoms with Crippen molar-refractivity contribution < 1.29 is 13.9 Å². The Morgan fingerprint density at radius 2 is 2.08 bits per heavy atom. The minimum Gasteiger partial charge on any atom is -0.510 e. The van der Waals surface area contributed by atoms with Gasteiger partial charge in [-0.2, -0.15) is 0 Å². The Labute approximate surface area is 141 Å². The molecule has 0 saturated heterocycles. The lowest BCUT2D eigenvalue weighted by atomic mass is 10.1. The smallest absolute Gasteiger partial charge is 0.159 e. The molecule has 4 rings (SSSR count). The Morgan fingerprint density at radius 3 is 2.79 bits per heavy atom. The van der Waals surface area contributed by atoms with Crippen molar-refractivity contribution in [2.24, 2.45) is 5.92 Å². The first-order chi connectivity index (χ1) is 11.5. The zero-order valence-electron chi connectivity index (χ0n) is 12.7. The number of thiazole rings is 1. The summed E-state index contributed by atoms with van der Waals surface area (Å²) in [5.74, 6) is -0.778. The summed E-state index contributed by atoms with van der Waals surface area (Å²) in [6.45, 7) is 1.12. The summed E-state index contributed by atoms with van der Waals surface area (Å²) in [5, 5.41) is 20.8. The number of nitrogens with zero attached hydrogens (tertiary/aromatic N) is 2. The summed E-state index contributed by atoms with van der Waals surface area (Å²) in [4.78, 5) is 6.27. The zero-order chi connectivity index (χ0) is 16.8. The van der Waals surface area contributed by atoms with E-state index in [1.165, 1.54) is 30.2 Å². The van der Waals surface area contributed by atoms with Crippen LogP contribution in [0.2, 0.25) is 0 Å². The van der Waals surface area contributed by atoms with E-state index in [1.807, 2.05) is 4.90 Å². The molecule has 24 heavy (non-hydrogen) atoms. The van der Waals surface area contributed by atoms with Crippen LogP contribution in [0.4, 0.5) is 8.78 Å². The molecule has 2 N–H and O–H groups in total. The van der Waals surface area contributed by atoms with Crippen LogP contribution < -0.4 is 0 Å². The van der Waals surface area contributed by atoms with Crippen molar-refractivity contribution in [2.75, 3.05) is 13.1 Å². The van der Waals surface area contributed by atoms with Crippen LogP contribution in [0, 0.1) is 23.0 Å². The van der Waals surface area contributed by atoms with Crippen LogP contribution >= 0.6 is 11.3 Å². The van der Waals surface area contributed by atoms with Crippen molar-refractivity contribution in [2.45, 2.75) is 12.8 Å². The standard InChI is InChI=1S/C17H15F2N3OS/c18-11-4-3-10(5-12(11)19)13-8-24-17(21-13)15-14(23)7-22(16(15)20)6-9-1-2-9/h3-5,8-9,20,23H,1-2,6-7H2. The molecule has 0 bridgehead atoms. The van der Waals surface area contributed by atoms with Gasteiger partial charge in [0.2, 0.25) is 0 Å². The van der Waals surface area contributed by atoms with Gasteiger partial charge < -0.3 is 10.0 Å². The zero-order valence-corrected chi connectivity index (χ0v) is 13.5. The molecule has 1 aromatic heterocycles. The van der Waals surface area contributed by atoms with Gasteiger partial charge in [-0.15, -0.1) is 11.3 Å².